The number of hydrogen-bond donors (Lipinski definition) is 1. The van der Waals surface area contributed by atoms with Gasteiger partial charge in [0.1, 0.15) is 11.6 Å². The molecule has 0 aliphatic carbocycles. The second-order valence-electron chi connectivity index (χ2n) is 7.43. The normalized spacial score (nSPS) is 21.8. The number of carbonyl (C=O) groups is 2. The molecule has 0 saturated carbocycles. The molecule has 29 heavy (non-hydrogen) atoms. The van der Waals surface area contributed by atoms with Gasteiger partial charge in [0.2, 0.25) is 0 Å². The zero-order valence-electron chi connectivity index (χ0n) is 16.1. The first-order valence-electron chi connectivity index (χ1n) is 9.88. The molecule has 2 aliphatic rings. The van der Waals surface area contributed by atoms with Gasteiger partial charge in [-0.3, -0.25) is 9.59 Å². The highest BCUT2D eigenvalue weighted by atomic mass is 19.1. The van der Waals surface area contributed by atoms with Gasteiger partial charge in [-0.2, -0.15) is 0 Å². The van der Waals surface area contributed by atoms with Crippen LogP contribution in [0.25, 0.3) is 5.76 Å². The zero-order valence-corrected chi connectivity index (χ0v) is 16.1. The number of Topliss-reactive ketones (excluding diaryl/α,β-unsaturated/α-hetero) is 1. The van der Waals surface area contributed by atoms with Gasteiger partial charge in [-0.1, -0.05) is 48.5 Å². The molecule has 1 unspecified atom stereocenters. The lowest BCUT2D eigenvalue weighted by atomic mass is 9.95. The van der Waals surface area contributed by atoms with Crippen LogP contribution in [0.1, 0.15) is 30.0 Å². The SMILES string of the molecule is O=C1C(=O)N(CCN2CCCC2)C(c2ccccc2F)/C1=C(\O)c1ccccc1. The van der Waals surface area contributed by atoms with Crippen molar-refractivity contribution in [3.8, 4) is 0 Å². The monoisotopic (exact) mass is 394 g/mol. The Bertz CT molecular complexity index is 952. The minimum absolute atomic E-state index is 0.0623. The summed E-state index contributed by atoms with van der Waals surface area (Å²) in [5.74, 6) is -2.26. The molecule has 0 radical (unpaired) electrons. The van der Waals surface area contributed by atoms with E-state index >= 15 is 0 Å². The molecule has 150 valence electrons. The first-order valence-corrected chi connectivity index (χ1v) is 9.88. The highest BCUT2D eigenvalue weighted by Crippen LogP contribution is 2.40. The van der Waals surface area contributed by atoms with Crippen molar-refractivity contribution in [3.63, 3.8) is 0 Å². The van der Waals surface area contributed by atoms with Gasteiger partial charge in [-0.15, -0.1) is 0 Å². The summed E-state index contributed by atoms with van der Waals surface area (Å²) in [6.07, 6.45) is 2.23. The fourth-order valence-corrected chi connectivity index (χ4v) is 4.14. The summed E-state index contributed by atoms with van der Waals surface area (Å²) in [4.78, 5) is 29.3. The molecule has 0 bridgehead atoms. The summed E-state index contributed by atoms with van der Waals surface area (Å²) in [5, 5.41) is 10.9. The van der Waals surface area contributed by atoms with Crippen molar-refractivity contribution < 1.29 is 19.1 Å². The van der Waals surface area contributed by atoms with Crippen LogP contribution in [-0.2, 0) is 9.59 Å². The summed E-state index contributed by atoms with van der Waals surface area (Å²) in [6, 6.07) is 13.7. The first-order chi connectivity index (χ1) is 14.1. The third-order valence-corrected chi connectivity index (χ3v) is 5.64. The van der Waals surface area contributed by atoms with E-state index in [2.05, 4.69) is 4.90 Å². The van der Waals surface area contributed by atoms with Crippen molar-refractivity contribution >= 4 is 17.4 Å². The van der Waals surface area contributed by atoms with Crippen LogP contribution in [0.5, 0.6) is 0 Å². The first kappa shape index (κ1) is 19.3. The quantitative estimate of drug-likeness (QED) is 0.480. The number of benzene rings is 2. The number of nitrogens with zero attached hydrogens (tertiary/aromatic N) is 2. The van der Waals surface area contributed by atoms with Crippen molar-refractivity contribution in [2.45, 2.75) is 18.9 Å². The van der Waals surface area contributed by atoms with Crippen LogP contribution < -0.4 is 0 Å². The average molecular weight is 394 g/mol. The summed E-state index contributed by atoms with van der Waals surface area (Å²) < 4.78 is 14.7. The topological polar surface area (TPSA) is 60.9 Å². The van der Waals surface area contributed by atoms with Crippen molar-refractivity contribution in [3.05, 3.63) is 77.1 Å². The second-order valence-corrected chi connectivity index (χ2v) is 7.43. The third kappa shape index (κ3) is 3.68. The summed E-state index contributed by atoms with van der Waals surface area (Å²) in [7, 11) is 0. The van der Waals surface area contributed by atoms with E-state index in [1.165, 1.54) is 11.0 Å². The van der Waals surface area contributed by atoms with E-state index in [-0.39, 0.29) is 16.9 Å². The second kappa shape index (κ2) is 8.17. The highest BCUT2D eigenvalue weighted by molar-refractivity contribution is 6.46. The van der Waals surface area contributed by atoms with Crippen LogP contribution in [-0.4, -0.2) is 52.8 Å². The van der Waals surface area contributed by atoms with E-state index in [1.54, 1.807) is 48.5 Å². The number of hydrogen-bond acceptors (Lipinski definition) is 4. The molecule has 4 rings (SSSR count). The van der Waals surface area contributed by atoms with Crippen LogP contribution in [0, 0.1) is 5.82 Å². The van der Waals surface area contributed by atoms with E-state index in [9.17, 15) is 19.1 Å². The Morgan fingerprint density at radius 2 is 1.62 bits per heavy atom. The van der Waals surface area contributed by atoms with E-state index in [1.807, 2.05) is 0 Å². The zero-order chi connectivity index (χ0) is 20.4. The molecule has 1 atom stereocenters. The Balaban J connectivity index is 1.77. The van der Waals surface area contributed by atoms with Crippen LogP contribution in [0.15, 0.2) is 60.2 Å². The lowest BCUT2D eigenvalue weighted by Gasteiger charge is -2.27. The molecule has 0 spiro atoms. The molecule has 1 amide bonds. The molecule has 1 N–H and O–H groups in total. The maximum Gasteiger partial charge on any atom is 0.295 e. The molecular weight excluding hydrogens is 371 g/mol. The summed E-state index contributed by atoms with van der Waals surface area (Å²) in [6.45, 7) is 2.83. The summed E-state index contributed by atoms with van der Waals surface area (Å²) in [5.41, 5.74) is 0.574. The molecule has 2 saturated heterocycles. The van der Waals surface area contributed by atoms with Crippen molar-refractivity contribution in [1.82, 2.24) is 9.80 Å². The lowest BCUT2D eigenvalue weighted by molar-refractivity contribution is -0.140. The smallest absolute Gasteiger partial charge is 0.295 e. The number of aliphatic hydroxyl groups excluding tert-OH is 1. The van der Waals surface area contributed by atoms with Gasteiger partial charge in [0.05, 0.1) is 11.6 Å². The van der Waals surface area contributed by atoms with E-state index < -0.39 is 23.5 Å². The Labute approximate surface area is 169 Å². The minimum atomic E-state index is -0.945. The maximum atomic E-state index is 14.7. The van der Waals surface area contributed by atoms with Crippen LogP contribution in [0.2, 0.25) is 0 Å². The highest BCUT2D eigenvalue weighted by Gasteiger charge is 2.46. The summed E-state index contributed by atoms with van der Waals surface area (Å²) >= 11 is 0. The van der Waals surface area contributed by atoms with Gasteiger partial charge in [-0.25, -0.2) is 4.39 Å². The third-order valence-electron chi connectivity index (χ3n) is 5.64. The molecular formula is C23H23FN2O3. The number of aliphatic hydroxyl groups is 1. The number of amides is 1. The lowest BCUT2D eigenvalue weighted by Crippen LogP contribution is -2.37. The molecule has 5 nitrogen and oxygen atoms in total. The number of halogens is 1. The van der Waals surface area contributed by atoms with Crippen molar-refractivity contribution in [2.75, 3.05) is 26.2 Å². The Morgan fingerprint density at radius 3 is 2.31 bits per heavy atom. The fraction of sp³-hybridized carbons (Fsp3) is 0.304. The number of ketones is 1. The Hall–Kier alpha value is -2.99. The predicted octanol–water partition coefficient (Wildman–Crippen LogP) is 3.34. The number of likely N-dealkylation sites (tertiary alicyclic amines) is 2. The Kier molecular flexibility index (Phi) is 5.45. The van der Waals surface area contributed by atoms with Gasteiger partial charge < -0.3 is 14.9 Å². The molecule has 2 fully saturated rings. The van der Waals surface area contributed by atoms with Crippen molar-refractivity contribution in [1.29, 1.82) is 0 Å². The Morgan fingerprint density at radius 1 is 0.966 bits per heavy atom. The van der Waals surface area contributed by atoms with E-state index in [4.69, 9.17) is 0 Å². The maximum absolute atomic E-state index is 14.7. The average Bonchev–Trinajstić information content (AvgIpc) is 3.34. The van der Waals surface area contributed by atoms with Crippen molar-refractivity contribution in [2.24, 2.45) is 0 Å². The van der Waals surface area contributed by atoms with Gasteiger partial charge in [0.25, 0.3) is 11.7 Å². The van der Waals surface area contributed by atoms with Crippen LogP contribution in [0.4, 0.5) is 4.39 Å². The number of rotatable bonds is 5. The molecule has 2 heterocycles. The molecule has 2 aromatic carbocycles. The van der Waals surface area contributed by atoms with Gasteiger partial charge in [0.15, 0.2) is 0 Å². The number of carbonyl (C=O) groups excluding carboxylic acids is 2. The molecule has 0 aromatic heterocycles. The van der Waals surface area contributed by atoms with E-state index in [0.717, 1.165) is 25.9 Å². The molecule has 2 aromatic rings. The fourth-order valence-electron chi connectivity index (χ4n) is 4.14. The van der Waals surface area contributed by atoms with Crippen LogP contribution >= 0.6 is 0 Å². The molecule has 6 heteroatoms. The van der Waals surface area contributed by atoms with Gasteiger partial charge in [0, 0.05) is 24.2 Å². The predicted molar refractivity (Wildman–Crippen MR) is 108 cm³/mol. The largest absolute Gasteiger partial charge is 0.507 e. The minimum Gasteiger partial charge on any atom is -0.507 e. The molecule has 2 aliphatic heterocycles. The van der Waals surface area contributed by atoms with Crippen LogP contribution in [0.3, 0.4) is 0 Å². The van der Waals surface area contributed by atoms with E-state index in [0.29, 0.717) is 18.7 Å². The van der Waals surface area contributed by atoms with Gasteiger partial charge in [-0.05, 0) is 32.0 Å². The standard InChI is InChI=1S/C23H23FN2O3/c24-18-11-5-4-10-17(18)20-19(21(27)16-8-2-1-3-9-16)22(28)23(29)26(20)15-14-25-12-6-7-13-25/h1-5,8-11,20,27H,6-7,12-15H2/b21-19+. The van der Waals surface area contributed by atoms with Gasteiger partial charge >= 0.3 is 0 Å².